The molecule has 17 heavy (non-hydrogen) atoms. The predicted octanol–water partition coefficient (Wildman–Crippen LogP) is 2.87. The van der Waals surface area contributed by atoms with Crippen molar-refractivity contribution in [3.8, 4) is 0 Å². The van der Waals surface area contributed by atoms with Crippen molar-refractivity contribution in [2.75, 3.05) is 0 Å². The summed E-state index contributed by atoms with van der Waals surface area (Å²) in [6.45, 7) is 3.14. The van der Waals surface area contributed by atoms with Gasteiger partial charge >= 0.3 is 0 Å². The molecule has 0 spiro atoms. The van der Waals surface area contributed by atoms with Crippen molar-refractivity contribution in [2.24, 2.45) is 0 Å². The van der Waals surface area contributed by atoms with Crippen LogP contribution in [0.3, 0.4) is 0 Å². The summed E-state index contributed by atoms with van der Waals surface area (Å²) in [5.41, 5.74) is 0.731. The Kier molecular flexibility index (Phi) is 4.10. The first-order valence-corrected chi connectivity index (χ1v) is 6.28. The van der Waals surface area contributed by atoms with Gasteiger partial charge in [0.15, 0.2) is 0 Å². The number of halogens is 2. The fourth-order valence-corrected chi connectivity index (χ4v) is 1.85. The van der Waals surface area contributed by atoms with E-state index in [1.165, 1.54) is 4.68 Å². The number of rotatable bonds is 7. The smallest absolute Gasteiger partial charge is 0.280 e. The van der Waals surface area contributed by atoms with Gasteiger partial charge in [-0.3, -0.25) is 4.68 Å². The Hall–Kier alpha value is -0.970. The average molecular weight is 243 g/mol. The summed E-state index contributed by atoms with van der Waals surface area (Å²) in [5.74, 6) is 0. The van der Waals surface area contributed by atoms with Crippen LogP contribution in [0.2, 0.25) is 0 Å². The summed E-state index contributed by atoms with van der Waals surface area (Å²) in [6, 6.07) is 0.527. The zero-order valence-corrected chi connectivity index (χ0v) is 10.1. The Morgan fingerprint density at radius 1 is 1.53 bits per heavy atom. The van der Waals surface area contributed by atoms with E-state index in [1.54, 1.807) is 6.20 Å². The average Bonchev–Trinajstić information content (AvgIpc) is 3.03. The highest BCUT2D eigenvalue weighted by molar-refractivity contribution is 5.19. The lowest BCUT2D eigenvalue weighted by atomic mass is 10.2. The monoisotopic (exact) mass is 243 g/mol. The van der Waals surface area contributed by atoms with Crippen molar-refractivity contribution >= 4 is 0 Å². The van der Waals surface area contributed by atoms with Gasteiger partial charge in [0.05, 0.1) is 6.20 Å². The van der Waals surface area contributed by atoms with E-state index in [9.17, 15) is 8.78 Å². The maximum absolute atomic E-state index is 13.0. The Morgan fingerprint density at radius 2 is 2.29 bits per heavy atom. The molecule has 0 bridgehead atoms. The van der Waals surface area contributed by atoms with Gasteiger partial charge in [-0.25, -0.2) is 8.78 Å². The Labute approximate surface area is 100 Å². The number of unbranched alkanes of at least 4 members (excludes halogenated alkanes) is 1. The third-order valence-electron chi connectivity index (χ3n) is 3.05. The highest BCUT2D eigenvalue weighted by atomic mass is 19.3. The summed E-state index contributed by atoms with van der Waals surface area (Å²) >= 11 is 0. The number of hydrogen-bond donors (Lipinski definition) is 1. The fraction of sp³-hybridized carbons (Fsp3) is 0.750. The van der Waals surface area contributed by atoms with E-state index in [4.69, 9.17) is 0 Å². The zero-order chi connectivity index (χ0) is 12.3. The van der Waals surface area contributed by atoms with Gasteiger partial charge in [0, 0.05) is 24.7 Å². The van der Waals surface area contributed by atoms with E-state index < -0.39 is 6.43 Å². The van der Waals surface area contributed by atoms with Gasteiger partial charge in [0.2, 0.25) is 0 Å². The number of hydrogen-bond acceptors (Lipinski definition) is 2. The first-order chi connectivity index (χ1) is 8.22. The molecule has 2 rings (SSSR count). The zero-order valence-electron chi connectivity index (χ0n) is 10.1. The molecule has 0 aliphatic heterocycles. The molecule has 96 valence electrons. The fourth-order valence-electron chi connectivity index (χ4n) is 1.85. The second kappa shape index (κ2) is 5.58. The molecular weight excluding hydrogens is 224 g/mol. The van der Waals surface area contributed by atoms with E-state index in [0.29, 0.717) is 24.7 Å². The minimum absolute atomic E-state index is 0.0894. The SMILES string of the molecule is CCCCn1ncc(CNC2CC2)c1C(F)F. The molecule has 0 aromatic carbocycles. The standard InChI is InChI=1S/C12H19F2N3/c1-2-3-6-17-11(12(13)14)9(8-16-17)7-15-10-4-5-10/h8,10,12,15H,2-7H2,1H3. The van der Waals surface area contributed by atoms with Crippen LogP contribution in [-0.2, 0) is 13.1 Å². The molecule has 1 fully saturated rings. The van der Waals surface area contributed by atoms with Crippen LogP contribution >= 0.6 is 0 Å². The molecule has 1 heterocycles. The van der Waals surface area contributed by atoms with Crippen molar-refractivity contribution in [1.82, 2.24) is 15.1 Å². The number of alkyl halides is 2. The first kappa shape index (κ1) is 12.5. The van der Waals surface area contributed by atoms with Gasteiger partial charge in [-0.05, 0) is 19.3 Å². The van der Waals surface area contributed by atoms with E-state index >= 15 is 0 Å². The molecule has 0 amide bonds. The van der Waals surface area contributed by atoms with Crippen LogP contribution in [0, 0.1) is 0 Å². The molecule has 3 nitrogen and oxygen atoms in total. The van der Waals surface area contributed by atoms with Crippen molar-refractivity contribution in [3.63, 3.8) is 0 Å². The summed E-state index contributed by atoms with van der Waals surface area (Å²) in [4.78, 5) is 0. The van der Waals surface area contributed by atoms with Crippen molar-refractivity contribution < 1.29 is 8.78 Å². The van der Waals surface area contributed by atoms with Crippen molar-refractivity contribution in [3.05, 3.63) is 17.5 Å². The molecule has 1 aliphatic carbocycles. The van der Waals surface area contributed by atoms with Crippen molar-refractivity contribution in [2.45, 2.75) is 58.2 Å². The number of nitrogens with one attached hydrogen (secondary N) is 1. The van der Waals surface area contributed by atoms with E-state index in [2.05, 4.69) is 10.4 Å². The lowest BCUT2D eigenvalue weighted by molar-refractivity contribution is 0.137. The summed E-state index contributed by atoms with van der Waals surface area (Å²) < 4.78 is 27.5. The van der Waals surface area contributed by atoms with Crippen LogP contribution < -0.4 is 5.32 Å². The Bertz CT molecular complexity index is 359. The lowest BCUT2D eigenvalue weighted by Crippen LogP contribution is -2.17. The molecule has 1 aliphatic rings. The number of aryl methyl sites for hydroxylation is 1. The molecule has 0 atom stereocenters. The normalized spacial score (nSPS) is 15.8. The summed E-state index contributed by atoms with van der Waals surface area (Å²) in [5, 5.41) is 7.32. The second-order valence-corrected chi connectivity index (χ2v) is 4.59. The number of aromatic nitrogens is 2. The van der Waals surface area contributed by atoms with Crippen LogP contribution in [0.1, 0.15) is 50.3 Å². The molecule has 0 saturated heterocycles. The van der Waals surface area contributed by atoms with Crippen LogP contribution in [0.15, 0.2) is 6.20 Å². The van der Waals surface area contributed by atoms with Crippen LogP contribution in [-0.4, -0.2) is 15.8 Å². The Morgan fingerprint density at radius 3 is 2.88 bits per heavy atom. The van der Waals surface area contributed by atoms with E-state index in [-0.39, 0.29) is 5.69 Å². The second-order valence-electron chi connectivity index (χ2n) is 4.59. The van der Waals surface area contributed by atoms with Gasteiger partial charge in [0.25, 0.3) is 6.43 Å². The van der Waals surface area contributed by atoms with Gasteiger partial charge in [-0.2, -0.15) is 5.10 Å². The molecule has 0 radical (unpaired) electrons. The number of nitrogens with zero attached hydrogens (tertiary/aromatic N) is 2. The van der Waals surface area contributed by atoms with Crippen LogP contribution in [0.4, 0.5) is 8.78 Å². The highest BCUT2D eigenvalue weighted by Gasteiger charge is 2.23. The summed E-state index contributed by atoms with van der Waals surface area (Å²) in [7, 11) is 0. The highest BCUT2D eigenvalue weighted by Crippen LogP contribution is 2.25. The van der Waals surface area contributed by atoms with Crippen LogP contribution in [0.5, 0.6) is 0 Å². The quantitative estimate of drug-likeness (QED) is 0.798. The largest absolute Gasteiger partial charge is 0.310 e. The van der Waals surface area contributed by atoms with Crippen molar-refractivity contribution in [1.29, 1.82) is 0 Å². The van der Waals surface area contributed by atoms with Crippen LogP contribution in [0.25, 0.3) is 0 Å². The third kappa shape index (κ3) is 3.25. The molecule has 1 saturated carbocycles. The lowest BCUT2D eigenvalue weighted by Gasteiger charge is -2.08. The maximum atomic E-state index is 13.0. The van der Waals surface area contributed by atoms with Gasteiger partial charge in [-0.1, -0.05) is 13.3 Å². The molecule has 1 aromatic rings. The molecule has 1 aromatic heterocycles. The maximum Gasteiger partial charge on any atom is 0.280 e. The van der Waals surface area contributed by atoms with E-state index in [0.717, 1.165) is 25.7 Å². The van der Waals surface area contributed by atoms with Gasteiger partial charge in [0.1, 0.15) is 5.69 Å². The van der Waals surface area contributed by atoms with Gasteiger partial charge < -0.3 is 5.32 Å². The molecule has 1 N–H and O–H groups in total. The topological polar surface area (TPSA) is 29.9 Å². The minimum Gasteiger partial charge on any atom is -0.310 e. The Balaban J connectivity index is 2.04. The first-order valence-electron chi connectivity index (χ1n) is 6.28. The third-order valence-corrected chi connectivity index (χ3v) is 3.05. The molecule has 0 unspecified atom stereocenters. The predicted molar refractivity (Wildman–Crippen MR) is 62.0 cm³/mol. The minimum atomic E-state index is -2.44. The van der Waals surface area contributed by atoms with E-state index in [1.807, 2.05) is 6.92 Å². The summed E-state index contributed by atoms with van der Waals surface area (Å²) in [6.07, 6.45) is 3.33. The molecular formula is C12H19F2N3. The van der Waals surface area contributed by atoms with Gasteiger partial charge in [-0.15, -0.1) is 0 Å². The molecule has 5 heteroatoms.